The van der Waals surface area contributed by atoms with Crippen molar-refractivity contribution in [2.45, 2.75) is 20.8 Å². The summed E-state index contributed by atoms with van der Waals surface area (Å²) in [5.41, 5.74) is 2.46. The molecule has 2 rings (SSSR count). The van der Waals surface area contributed by atoms with Crippen LogP contribution in [0.5, 0.6) is 5.75 Å². The quantitative estimate of drug-likeness (QED) is 0.694. The van der Waals surface area contributed by atoms with Gasteiger partial charge in [-0.2, -0.15) is 0 Å². The number of ether oxygens (including phenoxy) is 1. The van der Waals surface area contributed by atoms with Crippen molar-refractivity contribution < 1.29 is 4.74 Å². The molecule has 0 aliphatic rings. The van der Waals surface area contributed by atoms with E-state index in [9.17, 15) is 0 Å². The Morgan fingerprint density at radius 1 is 1.20 bits per heavy atom. The molecule has 1 aromatic heterocycles. The van der Waals surface area contributed by atoms with Crippen LogP contribution in [0.3, 0.4) is 0 Å². The number of fused-ring (bicyclic) bond motifs is 1. The number of methoxy groups -OCH3 is 1. The zero-order chi connectivity index (χ0) is 11.4. The molecule has 0 amide bonds. The lowest BCUT2D eigenvalue weighted by Gasteiger charge is -2.03. The van der Waals surface area contributed by atoms with Crippen LogP contribution in [0.2, 0.25) is 0 Å². The molecule has 0 N–H and O–H groups in total. The average molecular weight is 205 g/mol. The molecule has 0 bridgehead atoms. The van der Waals surface area contributed by atoms with Crippen LogP contribution < -0.4 is 4.74 Å². The smallest absolute Gasteiger partial charge is 0.143 e. The molecule has 0 aliphatic carbocycles. The van der Waals surface area contributed by atoms with Crippen molar-refractivity contribution in [1.29, 1.82) is 0 Å². The van der Waals surface area contributed by atoms with Crippen molar-refractivity contribution >= 4 is 10.9 Å². The first-order chi connectivity index (χ1) is 7.24. The zero-order valence-corrected chi connectivity index (χ0v) is 10.2. The summed E-state index contributed by atoms with van der Waals surface area (Å²) in [6.07, 6.45) is 2.12. The van der Waals surface area contributed by atoms with Crippen LogP contribution in [-0.4, -0.2) is 11.7 Å². The van der Waals surface area contributed by atoms with E-state index in [1.165, 1.54) is 16.5 Å². The third-order valence-corrected chi connectivity index (χ3v) is 2.38. The molecule has 0 aliphatic heterocycles. The third-order valence-electron chi connectivity index (χ3n) is 2.38. The van der Waals surface area contributed by atoms with E-state index in [0.717, 1.165) is 5.75 Å². The zero-order valence-electron chi connectivity index (χ0n) is 10.2. The van der Waals surface area contributed by atoms with Gasteiger partial charge in [0.1, 0.15) is 5.75 Å². The van der Waals surface area contributed by atoms with Gasteiger partial charge in [0.15, 0.2) is 0 Å². The fourth-order valence-corrected chi connectivity index (χ4v) is 1.79. The molecule has 2 nitrogen and oxygen atoms in total. The first kappa shape index (κ1) is 11.6. The number of hydrogen-bond acceptors (Lipinski definition) is 1. The second kappa shape index (κ2) is 4.87. The van der Waals surface area contributed by atoms with E-state index in [4.69, 9.17) is 4.74 Å². The minimum absolute atomic E-state index is 0.938. The molecule has 82 valence electrons. The van der Waals surface area contributed by atoms with Crippen molar-refractivity contribution in [2.24, 2.45) is 7.05 Å². The maximum absolute atomic E-state index is 5.30. The molecule has 1 aromatic carbocycles. The Labute approximate surface area is 91.5 Å². The van der Waals surface area contributed by atoms with E-state index in [0.29, 0.717) is 0 Å². The summed E-state index contributed by atoms with van der Waals surface area (Å²) in [5.74, 6) is 0.938. The molecule has 0 spiro atoms. The van der Waals surface area contributed by atoms with Gasteiger partial charge in [0.2, 0.25) is 0 Å². The van der Waals surface area contributed by atoms with Crippen molar-refractivity contribution in [1.82, 2.24) is 4.57 Å². The number of hydrogen-bond donors (Lipinski definition) is 0. The Morgan fingerprint density at radius 2 is 1.87 bits per heavy atom. The van der Waals surface area contributed by atoms with Gasteiger partial charge in [0.25, 0.3) is 0 Å². The fraction of sp³-hybridized carbons (Fsp3) is 0.385. The summed E-state index contributed by atoms with van der Waals surface area (Å²) in [4.78, 5) is 0. The van der Waals surface area contributed by atoms with Crippen LogP contribution in [0, 0.1) is 6.92 Å². The largest absolute Gasteiger partial charge is 0.495 e. The van der Waals surface area contributed by atoms with Crippen molar-refractivity contribution in [2.75, 3.05) is 7.11 Å². The predicted octanol–water partition coefficient (Wildman–Crippen LogP) is 3.52. The maximum Gasteiger partial charge on any atom is 0.143 e. The van der Waals surface area contributed by atoms with E-state index in [1.807, 2.05) is 33.0 Å². The minimum Gasteiger partial charge on any atom is -0.495 e. The lowest BCUT2D eigenvalue weighted by atomic mass is 10.2. The molecule has 0 unspecified atom stereocenters. The molecule has 2 heteroatoms. The van der Waals surface area contributed by atoms with E-state index >= 15 is 0 Å². The van der Waals surface area contributed by atoms with Gasteiger partial charge in [0.05, 0.1) is 12.6 Å². The lowest BCUT2D eigenvalue weighted by molar-refractivity contribution is 0.418. The maximum atomic E-state index is 5.30. The van der Waals surface area contributed by atoms with Crippen LogP contribution in [-0.2, 0) is 7.05 Å². The number of aryl methyl sites for hydroxylation is 2. The number of rotatable bonds is 1. The monoisotopic (exact) mass is 205 g/mol. The second-order valence-electron chi connectivity index (χ2n) is 3.28. The normalized spacial score (nSPS) is 9.67. The van der Waals surface area contributed by atoms with Gasteiger partial charge in [-0.25, -0.2) is 0 Å². The molecular formula is C13H19NO. The summed E-state index contributed by atoms with van der Waals surface area (Å²) in [6, 6.07) is 6.13. The number of para-hydroxylation sites is 1. The molecule has 2 aromatic rings. The highest BCUT2D eigenvalue weighted by atomic mass is 16.5. The summed E-state index contributed by atoms with van der Waals surface area (Å²) < 4.78 is 7.40. The van der Waals surface area contributed by atoms with Crippen LogP contribution >= 0.6 is 0 Å². The van der Waals surface area contributed by atoms with E-state index in [2.05, 4.69) is 23.8 Å². The third kappa shape index (κ3) is 1.99. The molecule has 0 fully saturated rings. The summed E-state index contributed by atoms with van der Waals surface area (Å²) in [7, 11) is 3.74. The minimum atomic E-state index is 0.938. The van der Waals surface area contributed by atoms with Gasteiger partial charge in [-0.05, 0) is 18.6 Å². The average Bonchev–Trinajstić information content (AvgIpc) is 2.58. The Hall–Kier alpha value is -1.44. The molecule has 0 saturated heterocycles. The van der Waals surface area contributed by atoms with Crippen LogP contribution in [0.4, 0.5) is 0 Å². The predicted molar refractivity (Wildman–Crippen MR) is 65.6 cm³/mol. The van der Waals surface area contributed by atoms with E-state index in [-0.39, 0.29) is 0 Å². The first-order valence-corrected chi connectivity index (χ1v) is 5.32. The lowest BCUT2D eigenvalue weighted by Crippen LogP contribution is -1.89. The Bertz CT molecular complexity index is 443. The van der Waals surface area contributed by atoms with Gasteiger partial charge in [-0.3, -0.25) is 0 Å². The molecule has 1 heterocycles. The summed E-state index contributed by atoms with van der Waals surface area (Å²) in [6.45, 7) is 6.11. The molecular weight excluding hydrogens is 186 g/mol. The second-order valence-corrected chi connectivity index (χ2v) is 3.28. The fourth-order valence-electron chi connectivity index (χ4n) is 1.79. The van der Waals surface area contributed by atoms with Crippen LogP contribution in [0.25, 0.3) is 10.9 Å². The van der Waals surface area contributed by atoms with Crippen LogP contribution in [0.1, 0.15) is 19.4 Å². The Morgan fingerprint density at radius 3 is 2.47 bits per heavy atom. The summed E-state index contributed by atoms with van der Waals surface area (Å²) in [5, 5.41) is 1.27. The molecule has 0 radical (unpaired) electrons. The Balaban J connectivity index is 0.000000531. The van der Waals surface area contributed by atoms with Gasteiger partial charge >= 0.3 is 0 Å². The topological polar surface area (TPSA) is 14.2 Å². The number of nitrogens with zero attached hydrogens (tertiary/aromatic N) is 1. The van der Waals surface area contributed by atoms with Crippen molar-refractivity contribution in [3.8, 4) is 5.75 Å². The highest BCUT2D eigenvalue weighted by Gasteiger charge is 2.06. The number of aromatic nitrogens is 1. The van der Waals surface area contributed by atoms with E-state index < -0.39 is 0 Å². The molecule has 0 saturated carbocycles. The Kier molecular flexibility index (Phi) is 3.78. The van der Waals surface area contributed by atoms with Gasteiger partial charge < -0.3 is 9.30 Å². The highest BCUT2D eigenvalue weighted by Crippen LogP contribution is 2.28. The number of benzene rings is 1. The van der Waals surface area contributed by atoms with Crippen molar-refractivity contribution in [3.63, 3.8) is 0 Å². The van der Waals surface area contributed by atoms with Gasteiger partial charge in [-0.1, -0.05) is 26.0 Å². The molecule has 0 atom stereocenters. The molecule has 15 heavy (non-hydrogen) atoms. The SMILES string of the molecule is CC.COc1cccc2c(C)cn(C)c12. The van der Waals surface area contributed by atoms with Gasteiger partial charge in [0, 0.05) is 18.6 Å². The standard InChI is InChI=1S/C11H13NO.C2H6/c1-8-7-12(2)11-9(8)5-4-6-10(11)13-3;1-2/h4-7H,1-3H3;1-2H3. The van der Waals surface area contributed by atoms with E-state index in [1.54, 1.807) is 7.11 Å². The van der Waals surface area contributed by atoms with Crippen molar-refractivity contribution in [3.05, 3.63) is 30.0 Å². The van der Waals surface area contributed by atoms with Gasteiger partial charge in [-0.15, -0.1) is 0 Å². The summed E-state index contributed by atoms with van der Waals surface area (Å²) >= 11 is 0. The van der Waals surface area contributed by atoms with Crippen LogP contribution in [0.15, 0.2) is 24.4 Å². The highest BCUT2D eigenvalue weighted by molar-refractivity contribution is 5.88. The first-order valence-electron chi connectivity index (χ1n) is 5.32.